The molecule has 0 radical (unpaired) electrons. The van der Waals surface area contributed by atoms with Gasteiger partial charge in [-0.05, 0) is 28.1 Å². The van der Waals surface area contributed by atoms with Gasteiger partial charge in [0.05, 0.1) is 10.7 Å². The van der Waals surface area contributed by atoms with Crippen molar-refractivity contribution < 1.29 is 9.13 Å². The molecule has 0 aromatic heterocycles. The van der Waals surface area contributed by atoms with Crippen LogP contribution in [0.15, 0.2) is 35.5 Å². The van der Waals surface area contributed by atoms with Gasteiger partial charge in [-0.3, -0.25) is 0 Å². The van der Waals surface area contributed by atoms with Gasteiger partial charge in [-0.25, -0.2) is 4.39 Å². The molecule has 0 saturated carbocycles. The lowest BCUT2D eigenvalue weighted by molar-refractivity contribution is 0.477. The second-order valence-electron chi connectivity index (χ2n) is 1.86. The first-order chi connectivity index (χ1) is 5.24. The predicted octanol–water partition coefficient (Wildman–Crippen LogP) is 3.11. The SMILES string of the molecule is C=COc1ccc(Br)c(F)c1. The Morgan fingerprint density at radius 1 is 1.55 bits per heavy atom. The van der Waals surface area contributed by atoms with Crippen LogP contribution in [0, 0.1) is 5.82 Å². The van der Waals surface area contributed by atoms with E-state index < -0.39 is 0 Å². The van der Waals surface area contributed by atoms with Gasteiger partial charge in [0.1, 0.15) is 11.6 Å². The molecule has 0 atom stereocenters. The van der Waals surface area contributed by atoms with Crippen molar-refractivity contribution in [3.8, 4) is 5.75 Å². The molecule has 0 aliphatic rings. The predicted molar refractivity (Wildman–Crippen MR) is 44.9 cm³/mol. The number of rotatable bonds is 2. The van der Waals surface area contributed by atoms with Crippen LogP contribution < -0.4 is 4.74 Å². The lowest BCUT2D eigenvalue weighted by Gasteiger charge is -1.99. The maximum Gasteiger partial charge on any atom is 0.141 e. The summed E-state index contributed by atoms with van der Waals surface area (Å²) < 4.78 is 18.0. The fourth-order valence-corrected chi connectivity index (χ4v) is 0.893. The molecule has 1 nitrogen and oxygen atoms in total. The first-order valence-electron chi connectivity index (χ1n) is 2.96. The molecule has 0 N–H and O–H groups in total. The van der Waals surface area contributed by atoms with Crippen LogP contribution >= 0.6 is 15.9 Å². The van der Waals surface area contributed by atoms with E-state index in [2.05, 4.69) is 22.5 Å². The minimum absolute atomic E-state index is 0.343. The Labute approximate surface area is 72.6 Å². The molecule has 0 spiro atoms. The summed E-state index contributed by atoms with van der Waals surface area (Å²) in [6, 6.07) is 4.51. The average molecular weight is 217 g/mol. The highest BCUT2D eigenvalue weighted by molar-refractivity contribution is 9.10. The molecule has 11 heavy (non-hydrogen) atoms. The Balaban J connectivity index is 2.95. The normalized spacial score (nSPS) is 9.27. The largest absolute Gasteiger partial charge is 0.466 e. The second kappa shape index (κ2) is 3.53. The van der Waals surface area contributed by atoms with Crippen molar-refractivity contribution in [2.45, 2.75) is 0 Å². The van der Waals surface area contributed by atoms with Gasteiger partial charge in [0.15, 0.2) is 0 Å². The van der Waals surface area contributed by atoms with E-state index in [4.69, 9.17) is 4.74 Å². The molecule has 0 aliphatic carbocycles. The van der Waals surface area contributed by atoms with Crippen LogP contribution in [0.3, 0.4) is 0 Å². The monoisotopic (exact) mass is 216 g/mol. The smallest absolute Gasteiger partial charge is 0.141 e. The van der Waals surface area contributed by atoms with Crippen LogP contribution in [0.2, 0.25) is 0 Å². The van der Waals surface area contributed by atoms with Crippen molar-refractivity contribution >= 4 is 15.9 Å². The zero-order valence-corrected chi connectivity index (χ0v) is 7.27. The van der Waals surface area contributed by atoms with Crippen molar-refractivity contribution in [1.29, 1.82) is 0 Å². The van der Waals surface area contributed by atoms with Crippen LogP contribution in [-0.2, 0) is 0 Å². The number of hydrogen-bond acceptors (Lipinski definition) is 1. The Kier molecular flexibility index (Phi) is 2.65. The quantitative estimate of drug-likeness (QED) is 0.691. The number of hydrogen-bond donors (Lipinski definition) is 0. The molecule has 3 heteroatoms. The molecule has 58 valence electrons. The highest BCUT2D eigenvalue weighted by Gasteiger charge is 1.99. The van der Waals surface area contributed by atoms with E-state index in [-0.39, 0.29) is 5.82 Å². The minimum atomic E-state index is -0.343. The van der Waals surface area contributed by atoms with Crippen LogP contribution in [0.25, 0.3) is 0 Å². The number of ether oxygens (including phenoxy) is 1. The maximum atomic E-state index is 12.7. The fraction of sp³-hybridized carbons (Fsp3) is 0. The summed E-state index contributed by atoms with van der Waals surface area (Å²) in [6.45, 7) is 3.35. The molecular formula is C8H6BrFO. The summed E-state index contributed by atoms with van der Waals surface area (Å²) in [4.78, 5) is 0. The number of halogens is 2. The van der Waals surface area contributed by atoms with Crippen molar-refractivity contribution in [2.24, 2.45) is 0 Å². The number of benzene rings is 1. The highest BCUT2D eigenvalue weighted by Crippen LogP contribution is 2.20. The maximum absolute atomic E-state index is 12.7. The van der Waals surface area contributed by atoms with Crippen molar-refractivity contribution in [2.75, 3.05) is 0 Å². The molecule has 0 fully saturated rings. The third-order valence-corrected chi connectivity index (χ3v) is 1.75. The van der Waals surface area contributed by atoms with Crippen molar-refractivity contribution in [3.63, 3.8) is 0 Å². The third-order valence-electron chi connectivity index (χ3n) is 1.11. The van der Waals surface area contributed by atoms with E-state index in [0.29, 0.717) is 10.2 Å². The molecule has 1 rings (SSSR count). The lowest BCUT2D eigenvalue weighted by atomic mass is 10.3. The van der Waals surface area contributed by atoms with E-state index in [1.807, 2.05) is 0 Å². The van der Waals surface area contributed by atoms with Gasteiger partial charge in [0, 0.05) is 6.07 Å². The lowest BCUT2D eigenvalue weighted by Crippen LogP contribution is -1.82. The molecule has 0 unspecified atom stereocenters. The van der Waals surface area contributed by atoms with Crippen LogP contribution in [-0.4, -0.2) is 0 Å². The molecule has 1 aromatic carbocycles. The Bertz CT molecular complexity index is 273. The first-order valence-corrected chi connectivity index (χ1v) is 3.76. The van der Waals surface area contributed by atoms with E-state index in [0.717, 1.165) is 0 Å². The zero-order chi connectivity index (χ0) is 8.27. The summed E-state index contributed by atoms with van der Waals surface area (Å²) in [5.74, 6) is 0.102. The summed E-state index contributed by atoms with van der Waals surface area (Å²) >= 11 is 3.02. The Hall–Kier alpha value is -0.830. The standard InChI is InChI=1S/C8H6BrFO/c1-2-11-6-3-4-7(9)8(10)5-6/h2-5H,1H2. The third kappa shape index (κ3) is 2.05. The fourth-order valence-electron chi connectivity index (χ4n) is 0.646. The van der Waals surface area contributed by atoms with E-state index in [1.54, 1.807) is 12.1 Å². The molecular weight excluding hydrogens is 211 g/mol. The highest BCUT2D eigenvalue weighted by atomic mass is 79.9. The average Bonchev–Trinajstić information content (AvgIpc) is 1.98. The van der Waals surface area contributed by atoms with Crippen LogP contribution in [0.1, 0.15) is 0 Å². The molecule has 0 heterocycles. The van der Waals surface area contributed by atoms with Gasteiger partial charge >= 0.3 is 0 Å². The first kappa shape index (κ1) is 8.27. The van der Waals surface area contributed by atoms with Gasteiger partial charge in [-0.15, -0.1) is 0 Å². The van der Waals surface area contributed by atoms with Crippen LogP contribution in [0.4, 0.5) is 4.39 Å². The zero-order valence-electron chi connectivity index (χ0n) is 5.68. The van der Waals surface area contributed by atoms with Gasteiger partial charge in [0.25, 0.3) is 0 Å². The summed E-state index contributed by atoms with van der Waals surface area (Å²) in [7, 11) is 0. The van der Waals surface area contributed by atoms with Crippen molar-refractivity contribution in [1.82, 2.24) is 0 Å². The van der Waals surface area contributed by atoms with Gasteiger partial charge in [0.2, 0.25) is 0 Å². The molecule has 1 aromatic rings. The molecule has 0 aliphatic heterocycles. The van der Waals surface area contributed by atoms with E-state index in [1.165, 1.54) is 12.3 Å². The molecule has 0 bridgehead atoms. The summed E-state index contributed by atoms with van der Waals surface area (Å²) in [6.07, 6.45) is 1.25. The van der Waals surface area contributed by atoms with Gasteiger partial charge in [-0.2, -0.15) is 0 Å². The Morgan fingerprint density at radius 3 is 2.82 bits per heavy atom. The summed E-state index contributed by atoms with van der Waals surface area (Å²) in [5.41, 5.74) is 0. The minimum Gasteiger partial charge on any atom is -0.466 e. The van der Waals surface area contributed by atoms with Crippen molar-refractivity contribution in [3.05, 3.63) is 41.3 Å². The second-order valence-corrected chi connectivity index (χ2v) is 2.71. The van der Waals surface area contributed by atoms with Gasteiger partial charge in [-0.1, -0.05) is 6.58 Å². The van der Waals surface area contributed by atoms with Crippen LogP contribution in [0.5, 0.6) is 5.75 Å². The molecule has 0 saturated heterocycles. The van der Waals surface area contributed by atoms with E-state index in [9.17, 15) is 4.39 Å². The van der Waals surface area contributed by atoms with Gasteiger partial charge < -0.3 is 4.74 Å². The molecule has 0 amide bonds. The summed E-state index contributed by atoms with van der Waals surface area (Å²) in [5, 5.41) is 0. The Morgan fingerprint density at radius 2 is 2.27 bits per heavy atom. The van der Waals surface area contributed by atoms with E-state index >= 15 is 0 Å². The topological polar surface area (TPSA) is 9.23 Å².